The van der Waals surface area contributed by atoms with Crippen LogP contribution >= 0.6 is 23.1 Å². The summed E-state index contributed by atoms with van der Waals surface area (Å²) in [4.78, 5) is 12.3. The minimum Gasteiger partial charge on any atom is -0.346 e. The molecule has 2 heterocycles. The highest BCUT2D eigenvalue weighted by Gasteiger charge is 2.21. The molecule has 0 radical (unpaired) electrons. The molecule has 0 saturated heterocycles. The standard InChI is InChI=1S/C19H23N7OS2/c1-13-7-9-14(10-8-13)11-20-17(27)18-22-21-16(29-18)12-28-19-23-24-25-26(19)15-5-3-2-4-6-15/h7-10,15H,2-6,11-12H2,1H3,(H,20,27). The van der Waals surface area contributed by atoms with Gasteiger partial charge in [-0.15, -0.1) is 15.3 Å². The van der Waals surface area contributed by atoms with Crippen molar-refractivity contribution in [3.63, 3.8) is 0 Å². The van der Waals surface area contributed by atoms with E-state index in [1.54, 1.807) is 11.8 Å². The van der Waals surface area contributed by atoms with E-state index < -0.39 is 0 Å². The van der Waals surface area contributed by atoms with Crippen LogP contribution in [0.2, 0.25) is 0 Å². The van der Waals surface area contributed by atoms with E-state index in [0.29, 0.717) is 23.3 Å². The first-order valence-electron chi connectivity index (χ1n) is 9.76. The second-order valence-electron chi connectivity index (χ2n) is 7.16. The number of aryl methyl sites for hydroxylation is 1. The highest BCUT2D eigenvalue weighted by Crippen LogP contribution is 2.31. The van der Waals surface area contributed by atoms with Gasteiger partial charge in [-0.2, -0.15) is 0 Å². The van der Waals surface area contributed by atoms with E-state index in [1.165, 1.54) is 36.2 Å². The van der Waals surface area contributed by atoms with Crippen LogP contribution in [0, 0.1) is 6.92 Å². The van der Waals surface area contributed by atoms with Crippen molar-refractivity contribution in [3.05, 3.63) is 45.4 Å². The number of amides is 1. The van der Waals surface area contributed by atoms with Gasteiger partial charge in [-0.05, 0) is 35.8 Å². The van der Waals surface area contributed by atoms with Crippen molar-refractivity contribution in [1.29, 1.82) is 0 Å². The molecule has 1 amide bonds. The number of hydrogen-bond donors (Lipinski definition) is 1. The van der Waals surface area contributed by atoms with Gasteiger partial charge in [0.05, 0.1) is 11.8 Å². The molecule has 0 aliphatic heterocycles. The van der Waals surface area contributed by atoms with Crippen LogP contribution < -0.4 is 5.32 Å². The van der Waals surface area contributed by atoms with Gasteiger partial charge in [-0.25, -0.2) is 4.68 Å². The smallest absolute Gasteiger partial charge is 0.282 e. The molecule has 10 heteroatoms. The lowest BCUT2D eigenvalue weighted by Gasteiger charge is -2.21. The Morgan fingerprint density at radius 3 is 2.76 bits per heavy atom. The van der Waals surface area contributed by atoms with Crippen molar-refractivity contribution >= 4 is 29.0 Å². The van der Waals surface area contributed by atoms with Gasteiger partial charge in [0.15, 0.2) is 0 Å². The minimum absolute atomic E-state index is 0.202. The molecule has 0 unspecified atom stereocenters. The molecule has 0 spiro atoms. The van der Waals surface area contributed by atoms with E-state index in [1.807, 2.05) is 35.9 Å². The Hall–Kier alpha value is -2.33. The third kappa shape index (κ3) is 5.18. The molecule has 1 aliphatic rings. The molecule has 0 atom stereocenters. The van der Waals surface area contributed by atoms with Gasteiger partial charge < -0.3 is 5.32 Å². The predicted molar refractivity (Wildman–Crippen MR) is 112 cm³/mol. The lowest BCUT2D eigenvalue weighted by molar-refractivity contribution is 0.0950. The number of carbonyl (C=O) groups excluding carboxylic acids is 1. The Bertz CT molecular complexity index is 948. The van der Waals surface area contributed by atoms with Crippen molar-refractivity contribution in [2.45, 2.75) is 62.5 Å². The molecule has 1 N–H and O–H groups in total. The second kappa shape index (κ2) is 9.45. The first-order chi connectivity index (χ1) is 14.2. The average Bonchev–Trinajstić information content (AvgIpc) is 3.42. The van der Waals surface area contributed by atoms with Crippen molar-refractivity contribution in [2.75, 3.05) is 0 Å². The summed E-state index contributed by atoms with van der Waals surface area (Å²) in [6.07, 6.45) is 6.00. The zero-order valence-electron chi connectivity index (χ0n) is 16.2. The van der Waals surface area contributed by atoms with Crippen LogP contribution in [0.5, 0.6) is 0 Å². The summed E-state index contributed by atoms with van der Waals surface area (Å²) in [6, 6.07) is 8.47. The monoisotopic (exact) mass is 429 g/mol. The summed E-state index contributed by atoms with van der Waals surface area (Å²) < 4.78 is 1.94. The van der Waals surface area contributed by atoms with E-state index in [0.717, 1.165) is 28.6 Å². The highest BCUT2D eigenvalue weighted by molar-refractivity contribution is 7.98. The van der Waals surface area contributed by atoms with Crippen LogP contribution in [0.4, 0.5) is 0 Å². The number of nitrogens with one attached hydrogen (secondary N) is 1. The predicted octanol–water partition coefficient (Wildman–Crippen LogP) is 3.56. The number of nitrogens with zero attached hydrogens (tertiary/aromatic N) is 6. The molecule has 152 valence electrons. The quantitative estimate of drug-likeness (QED) is 0.573. The number of benzene rings is 1. The van der Waals surface area contributed by atoms with Gasteiger partial charge in [0.25, 0.3) is 5.91 Å². The van der Waals surface area contributed by atoms with Crippen LogP contribution in [0.15, 0.2) is 29.4 Å². The number of aromatic nitrogens is 6. The summed E-state index contributed by atoms with van der Waals surface area (Å²) in [6.45, 7) is 2.51. The largest absolute Gasteiger partial charge is 0.346 e. The maximum Gasteiger partial charge on any atom is 0.282 e. The Kier molecular flexibility index (Phi) is 6.50. The number of tetrazole rings is 1. The van der Waals surface area contributed by atoms with Crippen molar-refractivity contribution in [2.24, 2.45) is 0 Å². The molecule has 1 aromatic carbocycles. The molecule has 2 aromatic heterocycles. The fraction of sp³-hybridized carbons (Fsp3) is 0.474. The Labute approximate surface area is 177 Å². The fourth-order valence-electron chi connectivity index (χ4n) is 3.33. The van der Waals surface area contributed by atoms with Gasteiger partial charge in [0.1, 0.15) is 5.01 Å². The Morgan fingerprint density at radius 2 is 1.97 bits per heavy atom. The molecule has 8 nitrogen and oxygen atoms in total. The fourth-order valence-corrected chi connectivity index (χ4v) is 5.02. The van der Waals surface area contributed by atoms with E-state index >= 15 is 0 Å². The van der Waals surface area contributed by atoms with E-state index in [2.05, 4.69) is 31.0 Å². The maximum absolute atomic E-state index is 12.3. The molecule has 0 bridgehead atoms. The second-order valence-corrected chi connectivity index (χ2v) is 9.16. The molecule has 1 aliphatic carbocycles. The Morgan fingerprint density at radius 1 is 1.17 bits per heavy atom. The summed E-state index contributed by atoms with van der Waals surface area (Å²) in [5, 5.41) is 25.2. The van der Waals surface area contributed by atoms with Gasteiger partial charge in [0, 0.05) is 6.54 Å². The normalized spacial score (nSPS) is 14.8. The van der Waals surface area contributed by atoms with Crippen LogP contribution in [0.3, 0.4) is 0 Å². The highest BCUT2D eigenvalue weighted by atomic mass is 32.2. The van der Waals surface area contributed by atoms with Gasteiger partial charge >= 0.3 is 0 Å². The topological polar surface area (TPSA) is 98.5 Å². The Balaban J connectivity index is 1.31. The van der Waals surface area contributed by atoms with Gasteiger partial charge in [-0.1, -0.05) is 72.2 Å². The first kappa shape index (κ1) is 20.0. The lowest BCUT2D eigenvalue weighted by Crippen LogP contribution is -2.22. The maximum atomic E-state index is 12.3. The average molecular weight is 430 g/mol. The van der Waals surface area contributed by atoms with Crippen LogP contribution in [0.1, 0.15) is 64.1 Å². The van der Waals surface area contributed by atoms with Crippen molar-refractivity contribution in [3.8, 4) is 0 Å². The van der Waals surface area contributed by atoms with Crippen molar-refractivity contribution < 1.29 is 4.79 Å². The number of thioether (sulfide) groups is 1. The third-order valence-electron chi connectivity index (χ3n) is 4.94. The van der Waals surface area contributed by atoms with Crippen molar-refractivity contribution in [1.82, 2.24) is 35.7 Å². The van der Waals surface area contributed by atoms with E-state index in [9.17, 15) is 4.79 Å². The molecular weight excluding hydrogens is 406 g/mol. The third-order valence-corrected chi connectivity index (χ3v) is 6.99. The molecule has 1 saturated carbocycles. The zero-order chi connectivity index (χ0) is 20.1. The van der Waals surface area contributed by atoms with E-state index in [-0.39, 0.29) is 5.91 Å². The first-order valence-corrected chi connectivity index (χ1v) is 11.6. The summed E-state index contributed by atoms with van der Waals surface area (Å²) >= 11 is 2.85. The van der Waals surface area contributed by atoms with Crippen LogP contribution in [0.25, 0.3) is 0 Å². The SMILES string of the molecule is Cc1ccc(CNC(=O)c2nnc(CSc3nnnn3C3CCCCC3)s2)cc1. The molecule has 4 rings (SSSR count). The molecule has 3 aromatic rings. The number of rotatable bonds is 7. The zero-order valence-corrected chi connectivity index (χ0v) is 17.9. The molecular formula is C19H23N7OS2. The molecule has 1 fully saturated rings. The van der Waals surface area contributed by atoms with Crippen LogP contribution in [-0.2, 0) is 12.3 Å². The summed E-state index contributed by atoms with van der Waals surface area (Å²) in [5.74, 6) is 0.391. The van der Waals surface area contributed by atoms with E-state index in [4.69, 9.17) is 0 Å². The lowest BCUT2D eigenvalue weighted by atomic mass is 9.96. The summed E-state index contributed by atoms with van der Waals surface area (Å²) in [7, 11) is 0. The van der Waals surface area contributed by atoms with Crippen LogP contribution in [-0.4, -0.2) is 36.3 Å². The minimum atomic E-state index is -0.202. The van der Waals surface area contributed by atoms with Gasteiger partial charge in [-0.3, -0.25) is 4.79 Å². The molecule has 29 heavy (non-hydrogen) atoms. The van der Waals surface area contributed by atoms with Gasteiger partial charge in [0.2, 0.25) is 10.2 Å². The number of hydrogen-bond acceptors (Lipinski definition) is 8. The summed E-state index contributed by atoms with van der Waals surface area (Å²) in [5.41, 5.74) is 2.25. The number of carbonyl (C=O) groups is 1.